The molecule has 220 valence electrons. The Morgan fingerprint density at radius 1 is 0.667 bits per heavy atom. The molecule has 0 radical (unpaired) electrons. The number of fused-ring (bicyclic) bond motifs is 2. The maximum atomic E-state index is 5.30. The smallest absolute Gasteiger partial charge is 0.126 e. The summed E-state index contributed by atoms with van der Waals surface area (Å²) < 4.78 is 1.19. The quantitative estimate of drug-likeness (QED) is 0.180. The molecule has 0 fully saturated rings. The molecule has 0 saturated heterocycles. The molecule has 0 unspecified atom stereocenters. The van der Waals surface area contributed by atoms with Gasteiger partial charge in [0, 0.05) is 22.9 Å². The molecule has 1 aromatic heterocycles. The molecule has 0 bridgehead atoms. The Morgan fingerprint density at radius 3 is 2.18 bits per heavy atom. The fraction of sp³-hybridized carbons (Fsp3) is 0.143. The first-order valence-corrected chi connectivity index (χ1v) is 16.3. The minimum Gasteiger partial charge on any atom is -0.256 e. The van der Waals surface area contributed by atoms with E-state index in [2.05, 4.69) is 150 Å². The number of nitrogens with zero attached hydrogens (tertiary/aromatic N) is 2. The van der Waals surface area contributed by atoms with Gasteiger partial charge in [-0.1, -0.05) is 123 Å². The Kier molecular flexibility index (Phi) is 7.43. The van der Waals surface area contributed by atoms with E-state index < -0.39 is 0 Å². The fourth-order valence-corrected chi connectivity index (χ4v) is 7.01. The molecule has 0 aliphatic heterocycles. The number of aromatic nitrogens is 1. The van der Waals surface area contributed by atoms with Crippen molar-refractivity contribution < 1.29 is 0 Å². The van der Waals surface area contributed by atoms with Crippen LogP contribution in [0.1, 0.15) is 43.0 Å². The second kappa shape index (κ2) is 11.6. The number of thiazole rings is 1. The molecule has 0 amide bonds. The van der Waals surface area contributed by atoms with Gasteiger partial charge >= 0.3 is 0 Å². The highest BCUT2D eigenvalue weighted by atomic mass is 32.1. The van der Waals surface area contributed by atoms with Gasteiger partial charge in [-0.15, -0.1) is 11.3 Å². The van der Waals surface area contributed by atoms with Gasteiger partial charge in [0.25, 0.3) is 0 Å². The molecule has 3 heteroatoms. The largest absolute Gasteiger partial charge is 0.256 e. The Morgan fingerprint density at radius 2 is 1.38 bits per heavy atom. The lowest BCUT2D eigenvalue weighted by Gasteiger charge is -2.20. The number of benzene rings is 6. The molecule has 2 nitrogen and oxygen atoms in total. The molecule has 0 spiro atoms. The molecule has 45 heavy (non-hydrogen) atoms. The molecular weight excluding hydrogens is 565 g/mol. The first kappa shape index (κ1) is 28.9. The van der Waals surface area contributed by atoms with Crippen molar-refractivity contribution in [3.63, 3.8) is 0 Å². The van der Waals surface area contributed by atoms with Gasteiger partial charge in [-0.3, -0.25) is 4.99 Å². The minimum atomic E-state index is 0.00632. The Hall–Kier alpha value is -4.86. The van der Waals surface area contributed by atoms with Gasteiger partial charge in [0.2, 0.25) is 0 Å². The van der Waals surface area contributed by atoms with E-state index in [4.69, 9.17) is 9.98 Å². The SMILES string of the molecule is Cc1ccc(C)c(-c2ccc(-c3cc(C(C)(C)C)cc4sc(-c5ccccc5N=Cc5cccc6ccccc56)nc34)cc2)c1. The van der Waals surface area contributed by atoms with Gasteiger partial charge in [-0.2, -0.15) is 0 Å². The van der Waals surface area contributed by atoms with Gasteiger partial charge in [0.05, 0.1) is 15.9 Å². The van der Waals surface area contributed by atoms with E-state index in [1.165, 1.54) is 54.4 Å². The maximum Gasteiger partial charge on any atom is 0.126 e. The van der Waals surface area contributed by atoms with Crippen LogP contribution in [0, 0.1) is 13.8 Å². The van der Waals surface area contributed by atoms with Crippen molar-refractivity contribution in [1.29, 1.82) is 0 Å². The van der Waals surface area contributed by atoms with E-state index in [0.29, 0.717) is 0 Å². The molecular formula is C42H36N2S. The minimum absolute atomic E-state index is 0.00632. The lowest BCUT2D eigenvalue weighted by atomic mass is 9.85. The lowest BCUT2D eigenvalue weighted by Crippen LogP contribution is -2.11. The van der Waals surface area contributed by atoms with E-state index in [1.54, 1.807) is 11.3 Å². The molecule has 0 N–H and O–H groups in total. The van der Waals surface area contributed by atoms with Crippen molar-refractivity contribution in [3.8, 4) is 32.8 Å². The first-order valence-electron chi connectivity index (χ1n) is 15.5. The third-order valence-electron chi connectivity index (χ3n) is 8.56. The molecule has 0 atom stereocenters. The summed E-state index contributed by atoms with van der Waals surface area (Å²) in [5, 5.41) is 3.39. The summed E-state index contributed by atoms with van der Waals surface area (Å²) >= 11 is 1.75. The van der Waals surface area contributed by atoms with Crippen LogP contribution < -0.4 is 0 Å². The summed E-state index contributed by atoms with van der Waals surface area (Å²) in [6, 6.07) is 43.4. The summed E-state index contributed by atoms with van der Waals surface area (Å²) in [5.74, 6) is 0. The van der Waals surface area contributed by atoms with Gasteiger partial charge < -0.3 is 0 Å². The number of aryl methyl sites for hydroxylation is 2. The van der Waals surface area contributed by atoms with Crippen molar-refractivity contribution in [2.45, 2.75) is 40.0 Å². The number of para-hydroxylation sites is 1. The van der Waals surface area contributed by atoms with E-state index in [9.17, 15) is 0 Å². The van der Waals surface area contributed by atoms with Crippen molar-refractivity contribution in [3.05, 3.63) is 144 Å². The van der Waals surface area contributed by atoms with Crippen LogP contribution in [0.5, 0.6) is 0 Å². The fourth-order valence-electron chi connectivity index (χ4n) is 5.94. The Balaban J connectivity index is 1.32. The number of hydrogen-bond acceptors (Lipinski definition) is 3. The molecule has 0 aliphatic carbocycles. The predicted octanol–water partition coefficient (Wildman–Crippen LogP) is 12.1. The maximum absolute atomic E-state index is 5.30. The number of hydrogen-bond donors (Lipinski definition) is 0. The van der Waals surface area contributed by atoms with Crippen LogP contribution in [0.15, 0.2) is 126 Å². The second-order valence-corrected chi connectivity index (χ2v) is 13.9. The number of rotatable bonds is 5. The topological polar surface area (TPSA) is 25.2 Å². The van der Waals surface area contributed by atoms with Gasteiger partial charge in [-0.05, 0) is 82.1 Å². The predicted molar refractivity (Wildman–Crippen MR) is 195 cm³/mol. The zero-order valence-electron chi connectivity index (χ0n) is 26.4. The summed E-state index contributed by atoms with van der Waals surface area (Å²) in [4.78, 5) is 10.3. The van der Waals surface area contributed by atoms with Crippen molar-refractivity contribution >= 4 is 44.2 Å². The van der Waals surface area contributed by atoms with Crippen LogP contribution in [0.4, 0.5) is 5.69 Å². The van der Waals surface area contributed by atoms with Crippen LogP contribution in [0.2, 0.25) is 0 Å². The normalized spacial score (nSPS) is 12.0. The molecule has 7 aromatic rings. The standard InChI is InChI=1S/C42H36N2S/c1-27-17-18-28(2)36(23-27)30-19-21-31(22-20-30)37-24-33(42(3,4)5)25-39-40(37)44-41(45-39)35-15-8-9-16-38(35)43-26-32-13-10-12-29-11-6-7-14-34(29)32/h6-26H,1-5H3. The molecule has 0 aliphatic rings. The summed E-state index contributed by atoms with van der Waals surface area (Å²) in [5.41, 5.74) is 12.9. The highest BCUT2D eigenvalue weighted by Gasteiger charge is 2.20. The molecule has 6 aromatic carbocycles. The van der Waals surface area contributed by atoms with Crippen LogP contribution in [0.25, 0.3) is 53.8 Å². The summed E-state index contributed by atoms with van der Waals surface area (Å²) in [6.45, 7) is 11.2. The second-order valence-electron chi connectivity index (χ2n) is 12.9. The van der Waals surface area contributed by atoms with Crippen LogP contribution in [0.3, 0.4) is 0 Å². The van der Waals surface area contributed by atoms with E-state index in [0.717, 1.165) is 27.3 Å². The van der Waals surface area contributed by atoms with Crippen molar-refractivity contribution in [2.24, 2.45) is 4.99 Å². The van der Waals surface area contributed by atoms with Gasteiger partial charge in [0.15, 0.2) is 0 Å². The third-order valence-corrected chi connectivity index (χ3v) is 9.60. The van der Waals surface area contributed by atoms with Crippen LogP contribution in [-0.4, -0.2) is 11.2 Å². The van der Waals surface area contributed by atoms with Gasteiger partial charge in [-0.25, -0.2) is 4.98 Å². The Bertz CT molecular complexity index is 2210. The summed E-state index contributed by atoms with van der Waals surface area (Å²) in [6.07, 6.45) is 1.98. The van der Waals surface area contributed by atoms with Crippen LogP contribution >= 0.6 is 11.3 Å². The Labute approximate surface area is 269 Å². The lowest BCUT2D eigenvalue weighted by molar-refractivity contribution is 0.591. The molecule has 0 saturated carbocycles. The number of aliphatic imine (C=N–C) groups is 1. The van der Waals surface area contributed by atoms with Crippen molar-refractivity contribution in [1.82, 2.24) is 4.98 Å². The highest BCUT2D eigenvalue weighted by molar-refractivity contribution is 7.21. The van der Waals surface area contributed by atoms with E-state index in [-0.39, 0.29) is 5.41 Å². The van der Waals surface area contributed by atoms with Crippen molar-refractivity contribution in [2.75, 3.05) is 0 Å². The van der Waals surface area contributed by atoms with E-state index >= 15 is 0 Å². The van der Waals surface area contributed by atoms with E-state index in [1.807, 2.05) is 12.3 Å². The molecule has 1 heterocycles. The average molecular weight is 601 g/mol. The van der Waals surface area contributed by atoms with Crippen LogP contribution in [-0.2, 0) is 5.41 Å². The average Bonchev–Trinajstić information content (AvgIpc) is 3.49. The van der Waals surface area contributed by atoms with Gasteiger partial charge in [0.1, 0.15) is 5.01 Å². The first-order chi connectivity index (χ1) is 21.7. The highest BCUT2D eigenvalue weighted by Crippen LogP contribution is 2.42. The third kappa shape index (κ3) is 5.72. The summed E-state index contributed by atoms with van der Waals surface area (Å²) in [7, 11) is 0. The zero-order valence-corrected chi connectivity index (χ0v) is 27.2. The monoisotopic (exact) mass is 600 g/mol. The zero-order chi connectivity index (χ0) is 31.1. The molecule has 7 rings (SSSR count).